The van der Waals surface area contributed by atoms with Crippen LogP contribution in [0.3, 0.4) is 0 Å². The molecular formula is C18H24N2. The Morgan fingerprint density at radius 3 is 2.80 bits per heavy atom. The van der Waals surface area contributed by atoms with Crippen molar-refractivity contribution in [2.24, 2.45) is 0 Å². The third-order valence-electron chi connectivity index (χ3n) is 3.69. The van der Waals surface area contributed by atoms with Crippen LogP contribution < -0.4 is 5.32 Å². The summed E-state index contributed by atoms with van der Waals surface area (Å²) in [6.07, 6.45) is 5.07. The van der Waals surface area contributed by atoms with E-state index in [-0.39, 0.29) is 0 Å². The topological polar surface area (TPSA) is 24.9 Å². The monoisotopic (exact) mass is 268 g/mol. The zero-order valence-corrected chi connectivity index (χ0v) is 12.5. The maximum Gasteiger partial charge on any atom is 0.0705 e. The summed E-state index contributed by atoms with van der Waals surface area (Å²) in [5.74, 6) is 0. The van der Waals surface area contributed by atoms with Gasteiger partial charge in [0.25, 0.3) is 0 Å². The Balaban J connectivity index is 2.36. The molecule has 0 aliphatic carbocycles. The zero-order chi connectivity index (χ0) is 14.4. The fourth-order valence-corrected chi connectivity index (χ4v) is 2.47. The van der Waals surface area contributed by atoms with Crippen LogP contribution in [0.1, 0.15) is 44.7 Å². The summed E-state index contributed by atoms with van der Waals surface area (Å²) < 4.78 is 0. The Morgan fingerprint density at radius 1 is 1.25 bits per heavy atom. The Morgan fingerprint density at radius 2 is 2.05 bits per heavy atom. The fourth-order valence-electron chi connectivity index (χ4n) is 2.47. The van der Waals surface area contributed by atoms with Crippen LogP contribution in [0.2, 0.25) is 0 Å². The van der Waals surface area contributed by atoms with Crippen LogP contribution in [-0.4, -0.2) is 11.5 Å². The van der Waals surface area contributed by atoms with Gasteiger partial charge in [0.1, 0.15) is 0 Å². The third kappa shape index (κ3) is 3.45. The minimum atomic E-state index is 0.329. The van der Waals surface area contributed by atoms with Gasteiger partial charge in [-0.2, -0.15) is 0 Å². The molecule has 106 valence electrons. The maximum atomic E-state index is 4.45. The predicted octanol–water partition coefficient (Wildman–Crippen LogP) is 4.63. The van der Waals surface area contributed by atoms with Gasteiger partial charge >= 0.3 is 0 Å². The first-order valence-electron chi connectivity index (χ1n) is 7.50. The number of nitrogens with zero attached hydrogens (tertiary/aromatic N) is 1. The van der Waals surface area contributed by atoms with E-state index in [2.05, 4.69) is 55.0 Å². The number of aromatic nitrogens is 1. The summed E-state index contributed by atoms with van der Waals surface area (Å²) in [6.45, 7) is 9.57. The number of fused-ring (bicyclic) bond motifs is 1. The molecule has 0 radical (unpaired) electrons. The second kappa shape index (κ2) is 7.20. The highest BCUT2D eigenvalue weighted by molar-refractivity contribution is 5.82. The van der Waals surface area contributed by atoms with Gasteiger partial charge in [-0.15, -0.1) is 0 Å². The highest BCUT2D eigenvalue weighted by Gasteiger charge is 2.14. The SMILES string of the molecule is C=C(CC)CC(NCCC)c1ccnc2ccccc12. The van der Waals surface area contributed by atoms with E-state index in [9.17, 15) is 0 Å². The molecule has 2 heteroatoms. The summed E-state index contributed by atoms with van der Waals surface area (Å²) in [5.41, 5.74) is 3.69. The molecule has 2 aromatic rings. The van der Waals surface area contributed by atoms with E-state index in [1.165, 1.54) is 16.5 Å². The summed E-state index contributed by atoms with van der Waals surface area (Å²) in [6, 6.07) is 10.8. The van der Waals surface area contributed by atoms with Crippen molar-refractivity contribution in [1.82, 2.24) is 10.3 Å². The van der Waals surface area contributed by atoms with E-state index < -0.39 is 0 Å². The average Bonchev–Trinajstić information content (AvgIpc) is 2.50. The summed E-state index contributed by atoms with van der Waals surface area (Å²) in [4.78, 5) is 4.45. The van der Waals surface area contributed by atoms with Gasteiger partial charge in [0.15, 0.2) is 0 Å². The van der Waals surface area contributed by atoms with Crippen LogP contribution >= 0.6 is 0 Å². The Hall–Kier alpha value is -1.67. The predicted molar refractivity (Wildman–Crippen MR) is 86.8 cm³/mol. The van der Waals surface area contributed by atoms with Crippen LogP contribution in [0.15, 0.2) is 48.7 Å². The molecule has 1 atom stereocenters. The van der Waals surface area contributed by atoms with E-state index in [4.69, 9.17) is 0 Å². The fraction of sp³-hybridized carbons (Fsp3) is 0.389. The van der Waals surface area contributed by atoms with Gasteiger partial charge in [0.05, 0.1) is 5.52 Å². The average molecular weight is 268 g/mol. The van der Waals surface area contributed by atoms with Crippen molar-refractivity contribution in [2.75, 3.05) is 6.54 Å². The quantitative estimate of drug-likeness (QED) is 0.740. The van der Waals surface area contributed by atoms with Crippen molar-refractivity contribution in [3.8, 4) is 0 Å². The largest absolute Gasteiger partial charge is 0.310 e. The second-order valence-electron chi connectivity index (χ2n) is 5.23. The van der Waals surface area contributed by atoms with E-state index in [1.807, 2.05) is 12.3 Å². The molecule has 0 bridgehead atoms. The molecule has 1 aromatic heterocycles. The molecule has 2 nitrogen and oxygen atoms in total. The van der Waals surface area contributed by atoms with Gasteiger partial charge < -0.3 is 5.32 Å². The van der Waals surface area contributed by atoms with Crippen molar-refractivity contribution >= 4 is 10.9 Å². The van der Waals surface area contributed by atoms with E-state index in [0.29, 0.717) is 6.04 Å². The summed E-state index contributed by atoms with van der Waals surface area (Å²) >= 11 is 0. The number of para-hydroxylation sites is 1. The lowest BCUT2D eigenvalue weighted by molar-refractivity contribution is 0.526. The van der Waals surface area contributed by atoms with E-state index >= 15 is 0 Å². The van der Waals surface area contributed by atoms with Crippen LogP contribution in [0.4, 0.5) is 0 Å². The number of benzene rings is 1. The lowest BCUT2D eigenvalue weighted by atomic mass is 9.95. The van der Waals surface area contributed by atoms with Crippen molar-refractivity contribution < 1.29 is 0 Å². The second-order valence-corrected chi connectivity index (χ2v) is 5.23. The lowest BCUT2D eigenvalue weighted by Gasteiger charge is -2.21. The minimum Gasteiger partial charge on any atom is -0.310 e. The van der Waals surface area contributed by atoms with E-state index in [1.54, 1.807) is 0 Å². The molecule has 1 N–H and O–H groups in total. The first-order valence-corrected chi connectivity index (χ1v) is 7.50. The highest BCUT2D eigenvalue weighted by Crippen LogP contribution is 2.27. The summed E-state index contributed by atoms with van der Waals surface area (Å²) in [5, 5.41) is 4.90. The lowest BCUT2D eigenvalue weighted by Crippen LogP contribution is -2.23. The highest BCUT2D eigenvalue weighted by atomic mass is 14.9. The van der Waals surface area contributed by atoms with Crippen molar-refractivity contribution in [3.05, 3.63) is 54.2 Å². The zero-order valence-electron chi connectivity index (χ0n) is 12.5. The summed E-state index contributed by atoms with van der Waals surface area (Å²) in [7, 11) is 0. The maximum absolute atomic E-state index is 4.45. The smallest absolute Gasteiger partial charge is 0.0705 e. The van der Waals surface area contributed by atoms with Crippen molar-refractivity contribution in [3.63, 3.8) is 0 Å². The first kappa shape index (κ1) is 14.7. The molecule has 1 unspecified atom stereocenters. The Bertz CT molecular complexity index is 569. The van der Waals surface area contributed by atoms with Gasteiger partial charge in [-0.05, 0) is 43.5 Å². The molecule has 0 aliphatic heterocycles. The van der Waals surface area contributed by atoms with Crippen LogP contribution in [0.5, 0.6) is 0 Å². The third-order valence-corrected chi connectivity index (χ3v) is 3.69. The van der Waals surface area contributed by atoms with Gasteiger partial charge in [0, 0.05) is 17.6 Å². The van der Waals surface area contributed by atoms with Gasteiger partial charge in [-0.25, -0.2) is 0 Å². The van der Waals surface area contributed by atoms with Gasteiger partial charge in [-0.3, -0.25) is 4.98 Å². The van der Waals surface area contributed by atoms with Gasteiger partial charge in [-0.1, -0.05) is 44.2 Å². The Kier molecular flexibility index (Phi) is 5.31. The standard InChI is InChI=1S/C18H24N2/c1-4-11-19-18(13-14(3)5-2)16-10-12-20-17-9-7-6-8-15(16)17/h6-10,12,18-19H,3-5,11,13H2,1-2H3. The molecule has 0 saturated heterocycles. The van der Waals surface area contributed by atoms with Crippen LogP contribution in [-0.2, 0) is 0 Å². The number of nitrogens with one attached hydrogen (secondary N) is 1. The molecule has 0 aliphatic rings. The minimum absolute atomic E-state index is 0.329. The molecule has 0 amide bonds. The number of rotatable bonds is 7. The molecule has 2 rings (SSSR count). The van der Waals surface area contributed by atoms with Crippen LogP contribution in [0.25, 0.3) is 10.9 Å². The molecule has 0 saturated carbocycles. The van der Waals surface area contributed by atoms with Crippen LogP contribution in [0, 0.1) is 0 Å². The normalized spacial score (nSPS) is 12.5. The van der Waals surface area contributed by atoms with Gasteiger partial charge in [0.2, 0.25) is 0 Å². The molecule has 1 heterocycles. The molecule has 20 heavy (non-hydrogen) atoms. The molecule has 1 aromatic carbocycles. The van der Waals surface area contributed by atoms with Crippen molar-refractivity contribution in [2.45, 2.75) is 39.2 Å². The Labute approximate surface area is 121 Å². The van der Waals surface area contributed by atoms with E-state index in [0.717, 1.165) is 31.3 Å². The first-order chi connectivity index (χ1) is 9.76. The molecule has 0 spiro atoms. The number of hydrogen-bond acceptors (Lipinski definition) is 2. The number of hydrogen-bond donors (Lipinski definition) is 1. The number of pyridine rings is 1. The molecule has 0 fully saturated rings. The van der Waals surface area contributed by atoms with Crippen molar-refractivity contribution in [1.29, 1.82) is 0 Å². The molecular weight excluding hydrogens is 244 g/mol.